The molecule has 27 heavy (non-hydrogen) atoms. The van der Waals surface area contributed by atoms with Gasteiger partial charge >= 0.3 is 0 Å². The highest BCUT2D eigenvalue weighted by atomic mass is 35.6. The molecule has 150 valence electrons. The molecule has 0 bridgehead atoms. The van der Waals surface area contributed by atoms with Gasteiger partial charge in [-0.25, -0.2) is 8.78 Å². The SMILES string of the molecule is CC(NS)(c1ccc(F)c(F)c1)C(N)c1ccc(Cl)cc1.OCC(Cl)(Cl)Cl. The van der Waals surface area contributed by atoms with Crippen LogP contribution in [0.2, 0.25) is 5.02 Å². The van der Waals surface area contributed by atoms with Crippen LogP contribution in [-0.2, 0) is 5.54 Å². The molecule has 2 atom stereocenters. The number of rotatable bonds is 4. The normalized spacial score (nSPS) is 14.7. The summed E-state index contributed by atoms with van der Waals surface area (Å²) in [5.74, 6) is -1.83. The minimum atomic E-state index is -1.49. The quantitative estimate of drug-likeness (QED) is 0.356. The lowest BCUT2D eigenvalue weighted by molar-refractivity contribution is 0.303. The van der Waals surface area contributed by atoms with Gasteiger partial charge in [0.25, 0.3) is 0 Å². The van der Waals surface area contributed by atoms with E-state index in [1.165, 1.54) is 6.07 Å². The highest BCUT2D eigenvalue weighted by Crippen LogP contribution is 2.34. The Morgan fingerprint density at radius 3 is 2.04 bits per heavy atom. The number of nitrogens with two attached hydrogens (primary N) is 1. The van der Waals surface area contributed by atoms with Gasteiger partial charge in [0.15, 0.2) is 11.6 Å². The molecule has 0 radical (unpaired) electrons. The van der Waals surface area contributed by atoms with Crippen molar-refractivity contribution >= 4 is 59.2 Å². The van der Waals surface area contributed by atoms with Crippen molar-refractivity contribution in [3.8, 4) is 0 Å². The summed E-state index contributed by atoms with van der Waals surface area (Å²) in [7, 11) is 0. The third-order valence-electron chi connectivity index (χ3n) is 3.78. The van der Waals surface area contributed by atoms with E-state index in [-0.39, 0.29) is 0 Å². The molecular weight excluding hydrogens is 460 g/mol. The second kappa shape index (κ2) is 10.5. The molecule has 2 aromatic rings. The standard InChI is InChI=1S/C15H15ClF2N2S.C2H3Cl3O/c1-15(20-21,10-4-7-12(17)13(18)8-10)14(19)9-2-5-11(16)6-3-9;3-2(4,5)1-6/h2-8,14,20-21H,19H2,1H3;6H,1H2. The van der Waals surface area contributed by atoms with Crippen LogP contribution in [-0.4, -0.2) is 15.5 Å². The van der Waals surface area contributed by atoms with Crippen molar-refractivity contribution in [3.05, 3.63) is 70.2 Å². The Hall–Kier alpha value is -0.310. The van der Waals surface area contributed by atoms with Crippen molar-refractivity contribution in [2.45, 2.75) is 22.3 Å². The lowest BCUT2D eigenvalue weighted by atomic mass is 9.82. The van der Waals surface area contributed by atoms with Gasteiger partial charge in [0.05, 0.1) is 18.2 Å². The van der Waals surface area contributed by atoms with Gasteiger partial charge in [-0.05, 0) is 42.3 Å². The fraction of sp³-hybridized carbons (Fsp3) is 0.294. The average Bonchev–Trinajstić information content (AvgIpc) is 2.63. The summed E-state index contributed by atoms with van der Waals surface area (Å²) in [4.78, 5) is 0. The monoisotopic (exact) mass is 476 g/mol. The number of benzene rings is 2. The van der Waals surface area contributed by atoms with Crippen LogP contribution in [0.3, 0.4) is 0 Å². The first-order chi connectivity index (χ1) is 12.4. The van der Waals surface area contributed by atoms with Crippen molar-refractivity contribution < 1.29 is 13.9 Å². The van der Waals surface area contributed by atoms with Crippen molar-refractivity contribution in [1.82, 2.24) is 4.72 Å². The summed E-state index contributed by atoms with van der Waals surface area (Å²) in [5, 5.41) is 8.60. The zero-order chi connectivity index (χ0) is 20.8. The Morgan fingerprint density at radius 1 is 1.11 bits per heavy atom. The number of thiol groups is 1. The lowest BCUT2D eigenvalue weighted by Crippen LogP contribution is -2.44. The minimum Gasteiger partial charge on any atom is -0.392 e. The van der Waals surface area contributed by atoms with Gasteiger partial charge < -0.3 is 10.8 Å². The predicted molar refractivity (Wildman–Crippen MR) is 112 cm³/mol. The summed E-state index contributed by atoms with van der Waals surface area (Å²) in [6.45, 7) is 1.34. The van der Waals surface area contributed by atoms with Crippen LogP contribution in [0.1, 0.15) is 24.1 Å². The van der Waals surface area contributed by atoms with E-state index in [0.717, 1.165) is 17.7 Å². The zero-order valence-corrected chi connectivity index (χ0v) is 18.0. The molecule has 0 aliphatic rings. The van der Waals surface area contributed by atoms with Crippen LogP contribution < -0.4 is 10.5 Å². The van der Waals surface area contributed by atoms with E-state index in [0.29, 0.717) is 10.6 Å². The number of aliphatic hydroxyl groups excluding tert-OH is 1. The first kappa shape index (κ1) is 24.7. The maximum Gasteiger partial charge on any atom is 0.213 e. The molecule has 2 rings (SSSR count). The van der Waals surface area contributed by atoms with Crippen molar-refractivity contribution in [2.75, 3.05) is 6.61 Å². The number of alkyl halides is 3. The van der Waals surface area contributed by atoms with Crippen molar-refractivity contribution in [2.24, 2.45) is 5.73 Å². The van der Waals surface area contributed by atoms with E-state index in [2.05, 4.69) is 17.5 Å². The van der Waals surface area contributed by atoms with E-state index in [1.54, 1.807) is 31.2 Å². The molecule has 0 fully saturated rings. The number of nitrogens with one attached hydrogen (secondary N) is 1. The fourth-order valence-corrected chi connectivity index (χ4v) is 2.53. The number of halogens is 6. The molecule has 2 unspecified atom stereocenters. The predicted octanol–water partition coefficient (Wildman–Crippen LogP) is 5.32. The molecule has 0 amide bonds. The zero-order valence-electron chi connectivity index (χ0n) is 14.1. The second-order valence-electron chi connectivity index (χ2n) is 5.75. The van der Waals surface area contributed by atoms with Gasteiger partial charge in [0, 0.05) is 5.02 Å². The second-order valence-corrected chi connectivity index (χ2v) is 8.92. The van der Waals surface area contributed by atoms with Gasteiger partial charge in [-0.15, -0.1) is 0 Å². The van der Waals surface area contributed by atoms with Gasteiger partial charge in [-0.1, -0.05) is 77.4 Å². The Balaban J connectivity index is 0.000000527. The van der Waals surface area contributed by atoms with E-state index in [4.69, 9.17) is 57.2 Å². The summed E-state index contributed by atoms with van der Waals surface area (Å²) in [6, 6.07) is 10.2. The molecule has 4 N–H and O–H groups in total. The molecule has 0 aliphatic heterocycles. The van der Waals surface area contributed by atoms with Crippen LogP contribution in [0.25, 0.3) is 0 Å². The van der Waals surface area contributed by atoms with E-state index in [9.17, 15) is 8.78 Å². The molecule has 10 heteroatoms. The fourth-order valence-electron chi connectivity index (χ4n) is 2.14. The number of hydrogen-bond donors (Lipinski definition) is 4. The summed E-state index contributed by atoms with van der Waals surface area (Å²) < 4.78 is 27.9. The number of aliphatic hydroxyl groups is 1. The van der Waals surface area contributed by atoms with Crippen LogP contribution in [0, 0.1) is 11.6 Å². The van der Waals surface area contributed by atoms with E-state index in [1.807, 2.05) is 0 Å². The third kappa shape index (κ3) is 7.22. The van der Waals surface area contributed by atoms with Crippen molar-refractivity contribution in [3.63, 3.8) is 0 Å². The molecule has 0 aromatic heterocycles. The van der Waals surface area contributed by atoms with Crippen LogP contribution in [0.4, 0.5) is 8.78 Å². The summed E-state index contributed by atoms with van der Waals surface area (Å²) in [6.07, 6.45) is 0. The third-order valence-corrected chi connectivity index (χ3v) is 4.86. The molecule has 0 spiro atoms. The van der Waals surface area contributed by atoms with Crippen molar-refractivity contribution in [1.29, 1.82) is 0 Å². The van der Waals surface area contributed by atoms with Gasteiger partial charge in [0.1, 0.15) is 0 Å². The van der Waals surface area contributed by atoms with Gasteiger partial charge in [-0.3, -0.25) is 4.72 Å². The highest BCUT2D eigenvalue weighted by Gasteiger charge is 2.34. The lowest BCUT2D eigenvalue weighted by Gasteiger charge is -2.35. The summed E-state index contributed by atoms with van der Waals surface area (Å²) in [5.41, 5.74) is 6.70. The largest absolute Gasteiger partial charge is 0.392 e. The van der Waals surface area contributed by atoms with Crippen LogP contribution >= 0.6 is 59.2 Å². The Labute approximate surface area is 182 Å². The Kier molecular flexibility index (Phi) is 9.58. The minimum absolute atomic E-state index is 0.433. The first-order valence-electron chi connectivity index (χ1n) is 7.50. The maximum atomic E-state index is 13.5. The molecular formula is C17H18Cl4F2N2OS. The molecule has 0 saturated heterocycles. The van der Waals surface area contributed by atoms with Crippen LogP contribution in [0.5, 0.6) is 0 Å². The number of hydrogen-bond acceptors (Lipinski definition) is 4. The molecule has 0 aliphatic carbocycles. The Bertz CT molecular complexity index is 747. The van der Waals surface area contributed by atoms with Gasteiger partial charge in [-0.2, -0.15) is 0 Å². The van der Waals surface area contributed by atoms with E-state index < -0.39 is 33.6 Å². The molecule has 0 heterocycles. The molecule has 3 nitrogen and oxygen atoms in total. The average molecular weight is 478 g/mol. The van der Waals surface area contributed by atoms with Gasteiger partial charge in [0.2, 0.25) is 3.79 Å². The summed E-state index contributed by atoms with van der Waals surface area (Å²) >= 11 is 25.0. The maximum absolute atomic E-state index is 13.5. The van der Waals surface area contributed by atoms with Crippen LogP contribution in [0.15, 0.2) is 42.5 Å². The highest BCUT2D eigenvalue weighted by molar-refractivity contribution is 7.78. The molecule has 2 aromatic carbocycles. The van der Waals surface area contributed by atoms with E-state index >= 15 is 0 Å². The topological polar surface area (TPSA) is 58.3 Å². The smallest absolute Gasteiger partial charge is 0.213 e. The molecule has 0 saturated carbocycles. The first-order valence-corrected chi connectivity index (χ1v) is 9.46. The Morgan fingerprint density at radius 2 is 1.63 bits per heavy atom.